The molecule has 20 heavy (non-hydrogen) atoms. The Morgan fingerprint density at radius 1 is 1.45 bits per heavy atom. The number of rotatable bonds is 3. The zero-order chi connectivity index (χ0) is 14.7. The maximum Gasteiger partial charge on any atom is 0.222 e. The monoisotopic (exact) mass is 280 g/mol. The van der Waals surface area contributed by atoms with Gasteiger partial charge in [0, 0.05) is 30.6 Å². The van der Waals surface area contributed by atoms with Crippen LogP contribution in [0.5, 0.6) is 5.75 Å². The molecule has 5 heteroatoms. The fourth-order valence-corrected chi connectivity index (χ4v) is 2.82. The first-order valence-corrected chi connectivity index (χ1v) is 6.97. The van der Waals surface area contributed by atoms with Crippen molar-refractivity contribution in [2.75, 3.05) is 20.1 Å². The number of halogens is 1. The Labute approximate surface area is 118 Å². The molecule has 0 aliphatic carbocycles. The molecular formula is C15H21FN2O2. The van der Waals surface area contributed by atoms with Crippen molar-refractivity contribution < 1.29 is 14.3 Å². The number of likely N-dealkylation sites (tertiary alicyclic amines) is 1. The molecule has 1 heterocycles. The van der Waals surface area contributed by atoms with E-state index < -0.39 is 5.82 Å². The number of phenols is 1. The molecule has 2 rings (SSSR count). The largest absolute Gasteiger partial charge is 0.508 e. The summed E-state index contributed by atoms with van der Waals surface area (Å²) in [7, 11) is 1.66. The van der Waals surface area contributed by atoms with E-state index in [1.165, 1.54) is 6.07 Å². The van der Waals surface area contributed by atoms with Gasteiger partial charge in [-0.05, 0) is 38.9 Å². The van der Waals surface area contributed by atoms with Gasteiger partial charge in [0.05, 0.1) is 0 Å². The summed E-state index contributed by atoms with van der Waals surface area (Å²) in [5.41, 5.74) is 0.727. The van der Waals surface area contributed by atoms with Crippen LogP contribution < -0.4 is 5.32 Å². The normalized spacial score (nSPS) is 18.8. The standard InChI is InChI=1S/C15H21FN2O2/c1-10(13-4-3-12(16)9-14(13)19)18-7-5-11(6-8-18)15(20)17-2/h3-4,9-11,19H,5-8H2,1-2H3,(H,17,20). The minimum Gasteiger partial charge on any atom is -0.508 e. The van der Waals surface area contributed by atoms with Crippen LogP contribution in [0.15, 0.2) is 18.2 Å². The maximum absolute atomic E-state index is 13.0. The number of aromatic hydroxyl groups is 1. The van der Waals surface area contributed by atoms with Gasteiger partial charge in [-0.3, -0.25) is 9.69 Å². The third kappa shape index (κ3) is 3.10. The lowest BCUT2D eigenvalue weighted by atomic mass is 9.93. The van der Waals surface area contributed by atoms with E-state index in [-0.39, 0.29) is 23.6 Å². The Kier molecular flexibility index (Phi) is 4.60. The summed E-state index contributed by atoms with van der Waals surface area (Å²) in [4.78, 5) is 13.8. The second kappa shape index (κ2) is 6.22. The quantitative estimate of drug-likeness (QED) is 0.891. The van der Waals surface area contributed by atoms with Crippen molar-refractivity contribution in [3.8, 4) is 5.75 Å². The summed E-state index contributed by atoms with van der Waals surface area (Å²) in [6.45, 7) is 3.60. The first-order chi connectivity index (χ1) is 9.52. The molecule has 1 aromatic carbocycles. The zero-order valence-electron chi connectivity index (χ0n) is 11.9. The van der Waals surface area contributed by atoms with Crippen molar-refractivity contribution in [1.82, 2.24) is 10.2 Å². The Balaban J connectivity index is 2.01. The Hall–Kier alpha value is -1.62. The highest BCUT2D eigenvalue weighted by Gasteiger charge is 2.27. The number of nitrogens with zero attached hydrogens (tertiary/aromatic N) is 1. The number of hydrogen-bond acceptors (Lipinski definition) is 3. The number of amides is 1. The predicted octanol–water partition coefficient (Wildman–Crippen LogP) is 2.05. The van der Waals surface area contributed by atoms with Crippen LogP contribution in [0.4, 0.5) is 4.39 Å². The Morgan fingerprint density at radius 3 is 2.65 bits per heavy atom. The molecule has 1 saturated heterocycles. The molecule has 0 spiro atoms. The van der Waals surface area contributed by atoms with Crippen molar-refractivity contribution in [3.05, 3.63) is 29.6 Å². The van der Waals surface area contributed by atoms with Crippen molar-refractivity contribution >= 4 is 5.91 Å². The predicted molar refractivity (Wildman–Crippen MR) is 74.8 cm³/mol. The van der Waals surface area contributed by atoms with Crippen LogP contribution in [0.25, 0.3) is 0 Å². The van der Waals surface area contributed by atoms with Crippen molar-refractivity contribution in [3.63, 3.8) is 0 Å². The molecule has 0 radical (unpaired) electrons. The number of benzene rings is 1. The average Bonchev–Trinajstić information content (AvgIpc) is 2.46. The Morgan fingerprint density at radius 2 is 2.10 bits per heavy atom. The van der Waals surface area contributed by atoms with E-state index in [0.717, 1.165) is 37.6 Å². The molecule has 0 saturated carbocycles. The van der Waals surface area contributed by atoms with Crippen molar-refractivity contribution in [2.45, 2.75) is 25.8 Å². The van der Waals surface area contributed by atoms with E-state index in [0.29, 0.717) is 0 Å². The summed E-state index contributed by atoms with van der Waals surface area (Å²) in [5.74, 6) is -0.269. The first-order valence-electron chi connectivity index (χ1n) is 6.97. The van der Waals surface area contributed by atoms with Crippen LogP contribution in [0, 0.1) is 11.7 Å². The number of piperidine rings is 1. The summed E-state index contributed by atoms with van der Waals surface area (Å²) >= 11 is 0. The molecule has 1 aliphatic heterocycles. The van der Waals surface area contributed by atoms with Crippen molar-refractivity contribution in [2.24, 2.45) is 5.92 Å². The van der Waals surface area contributed by atoms with Crippen LogP contribution in [0.2, 0.25) is 0 Å². The second-order valence-electron chi connectivity index (χ2n) is 5.30. The Bertz CT molecular complexity index is 485. The van der Waals surface area contributed by atoms with Crippen molar-refractivity contribution in [1.29, 1.82) is 0 Å². The summed E-state index contributed by atoms with van der Waals surface area (Å²) < 4.78 is 13.0. The van der Waals surface area contributed by atoms with E-state index in [1.807, 2.05) is 6.92 Å². The molecule has 4 nitrogen and oxygen atoms in total. The topological polar surface area (TPSA) is 52.6 Å². The molecule has 110 valence electrons. The third-order valence-corrected chi connectivity index (χ3v) is 4.14. The molecule has 1 amide bonds. The maximum atomic E-state index is 13.0. The van der Waals surface area contributed by atoms with Gasteiger partial charge in [0.15, 0.2) is 0 Å². The second-order valence-corrected chi connectivity index (χ2v) is 5.30. The van der Waals surface area contributed by atoms with Crippen LogP contribution >= 0.6 is 0 Å². The third-order valence-electron chi connectivity index (χ3n) is 4.14. The summed E-state index contributed by atoms with van der Waals surface area (Å²) in [6, 6.07) is 4.15. The van der Waals surface area contributed by atoms with Crippen LogP contribution in [-0.4, -0.2) is 36.1 Å². The summed E-state index contributed by atoms with van der Waals surface area (Å²) in [5, 5.41) is 12.5. The molecule has 0 bridgehead atoms. The minimum atomic E-state index is -0.434. The van der Waals surface area contributed by atoms with E-state index in [1.54, 1.807) is 13.1 Å². The number of carbonyl (C=O) groups excluding carboxylic acids is 1. The van der Waals surface area contributed by atoms with Gasteiger partial charge in [0.2, 0.25) is 5.91 Å². The van der Waals surface area contributed by atoms with E-state index in [2.05, 4.69) is 10.2 Å². The number of nitrogens with one attached hydrogen (secondary N) is 1. The highest BCUT2D eigenvalue weighted by atomic mass is 19.1. The summed E-state index contributed by atoms with van der Waals surface area (Å²) in [6.07, 6.45) is 1.62. The molecule has 1 atom stereocenters. The van der Waals surface area contributed by atoms with Gasteiger partial charge in [-0.25, -0.2) is 4.39 Å². The number of hydrogen-bond donors (Lipinski definition) is 2. The SMILES string of the molecule is CNC(=O)C1CCN(C(C)c2ccc(F)cc2O)CC1. The number of phenolic OH excluding ortho intramolecular Hbond substituents is 1. The molecule has 1 aromatic rings. The van der Waals surface area contributed by atoms with Gasteiger partial charge in [-0.15, -0.1) is 0 Å². The highest BCUT2D eigenvalue weighted by Crippen LogP contribution is 2.31. The highest BCUT2D eigenvalue weighted by molar-refractivity contribution is 5.78. The molecule has 0 aromatic heterocycles. The van der Waals surface area contributed by atoms with Gasteiger partial charge in [-0.1, -0.05) is 6.07 Å². The van der Waals surface area contributed by atoms with Crippen LogP contribution in [0.3, 0.4) is 0 Å². The lowest BCUT2D eigenvalue weighted by Crippen LogP contribution is -2.40. The van der Waals surface area contributed by atoms with Gasteiger partial charge in [0.25, 0.3) is 0 Å². The lowest BCUT2D eigenvalue weighted by Gasteiger charge is -2.35. The van der Waals surface area contributed by atoms with E-state index >= 15 is 0 Å². The fraction of sp³-hybridized carbons (Fsp3) is 0.533. The fourth-order valence-electron chi connectivity index (χ4n) is 2.82. The van der Waals surface area contributed by atoms with Crippen LogP contribution in [-0.2, 0) is 4.79 Å². The van der Waals surface area contributed by atoms with E-state index in [9.17, 15) is 14.3 Å². The van der Waals surface area contributed by atoms with Gasteiger partial charge in [-0.2, -0.15) is 0 Å². The molecule has 1 aliphatic rings. The van der Waals surface area contributed by atoms with Gasteiger partial charge >= 0.3 is 0 Å². The number of carbonyl (C=O) groups is 1. The zero-order valence-corrected chi connectivity index (χ0v) is 11.9. The van der Waals surface area contributed by atoms with Crippen LogP contribution in [0.1, 0.15) is 31.4 Å². The van der Waals surface area contributed by atoms with Gasteiger partial charge < -0.3 is 10.4 Å². The lowest BCUT2D eigenvalue weighted by molar-refractivity contribution is -0.126. The smallest absolute Gasteiger partial charge is 0.222 e. The van der Waals surface area contributed by atoms with E-state index in [4.69, 9.17) is 0 Å². The first kappa shape index (κ1) is 14.8. The molecular weight excluding hydrogens is 259 g/mol. The average molecular weight is 280 g/mol. The molecule has 2 N–H and O–H groups in total. The molecule has 1 fully saturated rings. The molecule has 1 unspecified atom stereocenters. The van der Waals surface area contributed by atoms with Gasteiger partial charge in [0.1, 0.15) is 11.6 Å². The minimum absolute atomic E-state index is 0.00840.